The number of carboxylic acids is 1. The fourth-order valence-corrected chi connectivity index (χ4v) is 2.59. The van der Waals surface area contributed by atoms with Crippen molar-refractivity contribution in [2.75, 3.05) is 5.32 Å². The van der Waals surface area contributed by atoms with Crippen LogP contribution in [-0.4, -0.2) is 21.5 Å². The lowest BCUT2D eigenvalue weighted by Crippen LogP contribution is -2.48. The van der Waals surface area contributed by atoms with Crippen molar-refractivity contribution in [1.29, 1.82) is 0 Å². The molecule has 1 saturated carbocycles. The van der Waals surface area contributed by atoms with Gasteiger partial charge in [-0.1, -0.05) is 6.92 Å². The van der Waals surface area contributed by atoms with Gasteiger partial charge in [0.05, 0.1) is 4.92 Å². The Hall–Kier alpha value is -2.11. The quantitative estimate of drug-likeness (QED) is 0.652. The van der Waals surface area contributed by atoms with Crippen molar-refractivity contribution < 1.29 is 14.8 Å². The van der Waals surface area contributed by atoms with Crippen LogP contribution in [0.25, 0.3) is 0 Å². The lowest BCUT2D eigenvalue weighted by molar-refractivity contribution is -0.384. The zero-order valence-electron chi connectivity index (χ0n) is 11.3. The zero-order valence-corrected chi connectivity index (χ0v) is 11.3. The molecule has 6 heteroatoms. The van der Waals surface area contributed by atoms with Crippen molar-refractivity contribution in [2.24, 2.45) is 5.92 Å². The molecule has 1 aromatic carbocycles. The van der Waals surface area contributed by atoms with Gasteiger partial charge in [-0.2, -0.15) is 0 Å². The summed E-state index contributed by atoms with van der Waals surface area (Å²) in [7, 11) is 0. The van der Waals surface area contributed by atoms with E-state index in [9.17, 15) is 20.0 Å². The lowest BCUT2D eigenvalue weighted by atomic mass is 9.77. The Labute approximate surface area is 117 Å². The van der Waals surface area contributed by atoms with Crippen molar-refractivity contribution in [1.82, 2.24) is 0 Å². The maximum atomic E-state index is 11.6. The molecule has 1 aromatic rings. The first-order valence-electron chi connectivity index (χ1n) is 6.69. The number of hydrogen-bond donors (Lipinski definition) is 2. The van der Waals surface area contributed by atoms with Crippen LogP contribution in [0.15, 0.2) is 24.3 Å². The Morgan fingerprint density at radius 2 is 1.90 bits per heavy atom. The highest BCUT2D eigenvalue weighted by Crippen LogP contribution is 2.35. The van der Waals surface area contributed by atoms with E-state index >= 15 is 0 Å². The van der Waals surface area contributed by atoms with Crippen LogP contribution in [0.1, 0.15) is 32.6 Å². The third-order valence-electron chi connectivity index (χ3n) is 4.00. The number of benzene rings is 1. The molecular weight excluding hydrogens is 260 g/mol. The Balaban J connectivity index is 2.16. The van der Waals surface area contributed by atoms with E-state index < -0.39 is 16.4 Å². The second kappa shape index (κ2) is 5.48. The number of rotatable bonds is 4. The molecule has 1 fully saturated rings. The third kappa shape index (κ3) is 2.89. The Morgan fingerprint density at radius 1 is 1.35 bits per heavy atom. The summed E-state index contributed by atoms with van der Waals surface area (Å²) in [6.45, 7) is 2.12. The van der Waals surface area contributed by atoms with Crippen LogP contribution >= 0.6 is 0 Å². The topological polar surface area (TPSA) is 92.5 Å². The van der Waals surface area contributed by atoms with Gasteiger partial charge in [0.25, 0.3) is 5.69 Å². The van der Waals surface area contributed by atoms with E-state index in [1.54, 1.807) is 12.1 Å². The van der Waals surface area contributed by atoms with Crippen molar-refractivity contribution in [3.8, 4) is 0 Å². The van der Waals surface area contributed by atoms with Crippen molar-refractivity contribution in [2.45, 2.75) is 38.1 Å². The minimum absolute atomic E-state index is 0.00260. The number of carbonyl (C=O) groups is 1. The van der Waals surface area contributed by atoms with Crippen LogP contribution in [-0.2, 0) is 4.79 Å². The summed E-state index contributed by atoms with van der Waals surface area (Å²) in [5.41, 5.74) is -0.354. The van der Waals surface area contributed by atoms with Crippen molar-refractivity contribution >= 4 is 17.3 Å². The van der Waals surface area contributed by atoms with Gasteiger partial charge < -0.3 is 10.4 Å². The molecule has 108 valence electrons. The number of aliphatic carboxylic acids is 1. The van der Waals surface area contributed by atoms with Crippen molar-refractivity contribution in [3.05, 3.63) is 34.4 Å². The maximum absolute atomic E-state index is 11.6. The summed E-state index contributed by atoms with van der Waals surface area (Å²) in [6.07, 6.45) is 2.87. The van der Waals surface area contributed by atoms with E-state index in [1.807, 2.05) is 0 Å². The molecule has 0 amide bonds. The third-order valence-corrected chi connectivity index (χ3v) is 4.00. The number of non-ortho nitro benzene ring substituents is 1. The van der Waals surface area contributed by atoms with Crippen LogP contribution in [0, 0.1) is 16.0 Å². The van der Waals surface area contributed by atoms with E-state index in [0.717, 1.165) is 12.8 Å². The molecule has 0 spiro atoms. The maximum Gasteiger partial charge on any atom is 0.329 e. The predicted octanol–water partition coefficient (Wildman–Crippen LogP) is 3.04. The second-order valence-corrected chi connectivity index (χ2v) is 5.50. The van der Waals surface area contributed by atoms with Crippen LogP contribution in [0.2, 0.25) is 0 Å². The summed E-state index contributed by atoms with van der Waals surface area (Å²) < 4.78 is 0. The number of carboxylic acid groups (broad SMARTS) is 1. The van der Waals surface area contributed by atoms with Crippen LogP contribution in [0.5, 0.6) is 0 Å². The highest BCUT2D eigenvalue weighted by atomic mass is 16.6. The van der Waals surface area contributed by atoms with Crippen LogP contribution in [0.4, 0.5) is 11.4 Å². The Kier molecular flexibility index (Phi) is 3.92. The van der Waals surface area contributed by atoms with Gasteiger partial charge in [-0.3, -0.25) is 10.1 Å². The molecule has 6 nitrogen and oxygen atoms in total. The van der Waals surface area contributed by atoms with Gasteiger partial charge in [-0.25, -0.2) is 4.79 Å². The second-order valence-electron chi connectivity index (χ2n) is 5.50. The summed E-state index contributed by atoms with van der Waals surface area (Å²) in [6, 6.07) is 5.87. The number of nitro groups is 1. The van der Waals surface area contributed by atoms with Crippen LogP contribution in [0.3, 0.4) is 0 Å². The summed E-state index contributed by atoms with van der Waals surface area (Å²) >= 11 is 0. The number of nitrogens with one attached hydrogen (secondary N) is 1. The molecule has 0 heterocycles. The molecule has 0 aliphatic heterocycles. The molecule has 0 aromatic heterocycles. The molecule has 1 aliphatic carbocycles. The molecule has 20 heavy (non-hydrogen) atoms. The molecule has 0 bridgehead atoms. The number of anilines is 1. The van der Waals surface area contributed by atoms with Gasteiger partial charge in [-0.15, -0.1) is 0 Å². The summed E-state index contributed by atoms with van der Waals surface area (Å²) in [5.74, 6) is -0.316. The van der Waals surface area contributed by atoms with E-state index in [1.165, 1.54) is 12.1 Å². The van der Waals surface area contributed by atoms with E-state index in [0.29, 0.717) is 24.4 Å². The number of nitro benzene ring substituents is 1. The first-order chi connectivity index (χ1) is 9.43. The van der Waals surface area contributed by atoms with Gasteiger partial charge in [-0.05, 0) is 43.7 Å². The summed E-state index contributed by atoms with van der Waals surface area (Å²) in [5, 5.41) is 23.2. The largest absolute Gasteiger partial charge is 0.480 e. The normalized spacial score (nSPS) is 25.9. The molecule has 2 N–H and O–H groups in total. The SMILES string of the molecule is CC1CCC(Nc2ccc([N+](=O)[O-])cc2)(C(=O)O)CC1. The van der Waals surface area contributed by atoms with Crippen molar-refractivity contribution in [3.63, 3.8) is 0 Å². The molecular formula is C14H18N2O4. The average molecular weight is 278 g/mol. The van der Waals surface area contributed by atoms with Crippen LogP contribution < -0.4 is 5.32 Å². The minimum atomic E-state index is -0.956. The molecule has 1 aliphatic rings. The van der Waals surface area contributed by atoms with Gasteiger partial charge >= 0.3 is 5.97 Å². The number of hydrogen-bond acceptors (Lipinski definition) is 4. The van der Waals surface area contributed by atoms with E-state index in [2.05, 4.69) is 12.2 Å². The van der Waals surface area contributed by atoms with E-state index in [4.69, 9.17) is 0 Å². The highest BCUT2D eigenvalue weighted by molar-refractivity contribution is 5.83. The fraction of sp³-hybridized carbons (Fsp3) is 0.500. The minimum Gasteiger partial charge on any atom is -0.480 e. The molecule has 0 atom stereocenters. The number of nitrogens with zero attached hydrogens (tertiary/aromatic N) is 1. The molecule has 0 radical (unpaired) electrons. The Bertz CT molecular complexity index is 504. The van der Waals surface area contributed by atoms with Gasteiger partial charge in [0.1, 0.15) is 5.54 Å². The smallest absolute Gasteiger partial charge is 0.329 e. The Morgan fingerprint density at radius 3 is 2.35 bits per heavy atom. The average Bonchev–Trinajstić information content (AvgIpc) is 2.42. The van der Waals surface area contributed by atoms with E-state index in [-0.39, 0.29) is 5.69 Å². The molecule has 0 saturated heterocycles. The predicted molar refractivity (Wildman–Crippen MR) is 74.7 cm³/mol. The van der Waals surface area contributed by atoms with Gasteiger partial charge in [0.15, 0.2) is 0 Å². The lowest BCUT2D eigenvalue weighted by Gasteiger charge is -2.37. The first kappa shape index (κ1) is 14.3. The fourth-order valence-electron chi connectivity index (χ4n) is 2.59. The molecule has 2 rings (SSSR count). The monoisotopic (exact) mass is 278 g/mol. The van der Waals surface area contributed by atoms with Gasteiger partial charge in [0, 0.05) is 17.8 Å². The summed E-state index contributed by atoms with van der Waals surface area (Å²) in [4.78, 5) is 21.7. The zero-order chi connectivity index (χ0) is 14.8. The standard InChI is InChI=1S/C14H18N2O4/c1-10-6-8-14(9-7-10,13(17)18)15-11-2-4-12(5-3-11)16(19)20/h2-5,10,15H,6-9H2,1H3,(H,17,18). The molecule has 0 unspecified atom stereocenters. The first-order valence-corrected chi connectivity index (χ1v) is 6.69. The highest BCUT2D eigenvalue weighted by Gasteiger charge is 2.41. The van der Waals surface area contributed by atoms with Gasteiger partial charge in [0.2, 0.25) is 0 Å².